The molecular formula is C10H14N2S. The summed E-state index contributed by atoms with van der Waals surface area (Å²) in [4.78, 5) is 1.36. The lowest BCUT2D eigenvalue weighted by atomic mass is 10.1. The Balaban J connectivity index is 2.69. The van der Waals surface area contributed by atoms with Gasteiger partial charge in [0.2, 0.25) is 0 Å². The van der Waals surface area contributed by atoms with Crippen LogP contribution in [0.15, 0.2) is 11.6 Å². The second-order valence-corrected chi connectivity index (χ2v) is 4.21. The molecule has 2 nitrogen and oxygen atoms in total. The molecule has 0 saturated carbocycles. The van der Waals surface area contributed by atoms with Crippen molar-refractivity contribution >= 4 is 16.2 Å². The highest BCUT2D eigenvalue weighted by molar-refractivity contribution is 7.15. The summed E-state index contributed by atoms with van der Waals surface area (Å²) in [5.41, 5.74) is 9.76. The fourth-order valence-corrected chi connectivity index (χ4v) is 2.69. The van der Waals surface area contributed by atoms with Crippen LogP contribution in [-0.4, -0.2) is 10.9 Å². The summed E-state index contributed by atoms with van der Waals surface area (Å²) in [6.07, 6.45) is 3.10. The Hall–Kier alpha value is -0.800. The number of fused-ring (bicyclic) bond motifs is 1. The summed E-state index contributed by atoms with van der Waals surface area (Å²) < 4.78 is 2.27. The van der Waals surface area contributed by atoms with Crippen LogP contribution in [0.3, 0.4) is 0 Å². The molecule has 13 heavy (non-hydrogen) atoms. The molecule has 70 valence electrons. The van der Waals surface area contributed by atoms with Crippen molar-refractivity contribution in [3.05, 3.63) is 28.4 Å². The summed E-state index contributed by atoms with van der Waals surface area (Å²) >= 11 is 1.80. The topological polar surface area (TPSA) is 30.4 Å². The van der Waals surface area contributed by atoms with E-state index in [1.54, 1.807) is 11.3 Å². The van der Waals surface area contributed by atoms with Gasteiger partial charge in [0.1, 0.15) is 4.83 Å². The molecule has 2 aromatic rings. The Labute approximate surface area is 82.0 Å². The molecule has 0 radical (unpaired) electrons. The zero-order chi connectivity index (χ0) is 9.42. The molecule has 0 aliphatic rings. The fraction of sp³-hybridized carbons (Fsp3) is 0.400. The second-order valence-electron chi connectivity index (χ2n) is 3.31. The molecule has 0 fully saturated rings. The maximum atomic E-state index is 5.59. The Morgan fingerprint density at radius 2 is 2.15 bits per heavy atom. The molecule has 2 aromatic heterocycles. The monoisotopic (exact) mass is 194 g/mol. The molecule has 0 saturated heterocycles. The van der Waals surface area contributed by atoms with E-state index in [0.29, 0.717) is 0 Å². The van der Waals surface area contributed by atoms with Crippen LogP contribution in [0.4, 0.5) is 0 Å². The normalized spacial score (nSPS) is 11.3. The lowest BCUT2D eigenvalue weighted by Crippen LogP contribution is -2.05. The molecule has 0 spiro atoms. The van der Waals surface area contributed by atoms with Crippen molar-refractivity contribution in [2.75, 3.05) is 6.54 Å². The molecule has 0 aromatic carbocycles. The van der Waals surface area contributed by atoms with Gasteiger partial charge in [-0.2, -0.15) is 0 Å². The maximum absolute atomic E-state index is 5.59. The summed E-state index contributed by atoms with van der Waals surface area (Å²) in [5, 5.41) is 2.13. The van der Waals surface area contributed by atoms with Crippen LogP contribution in [-0.2, 0) is 6.42 Å². The van der Waals surface area contributed by atoms with E-state index in [0.717, 1.165) is 13.0 Å². The van der Waals surface area contributed by atoms with Crippen LogP contribution in [0, 0.1) is 13.8 Å². The number of thiazole rings is 1. The van der Waals surface area contributed by atoms with E-state index >= 15 is 0 Å². The largest absolute Gasteiger partial charge is 0.330 e. The predicted octanol–water partition coefficient (Wildman–Crippen LogP) is 2.12. The number of nitrogens with zero attached hydrogens (tertiary/aromatic N) is 1. The first kappa shape index (κ1) is 8.78. The molecule has 0 bridgehead atoms. The highest BCUT2D eigenvalue weighted by Gasteiger charge is 2.11. The van der Waals surface area contributed by atoms with Gasteiger partial charge in [-0.3, -0.25) is 0 Å². The second kappa shape index (κ2) is 3.16. The van der Waals surface area contributed by atoms with Gasteiger partial charge in [-0.1, -0.05) is 0 Å². The smallest absolute Gasteiger partial charge is 0.103 e. The van der Waals surface area contributed by atoms with Gasteiger partial charge in [-0.05, 0) is 31.5 Å². The van der Waals surface area contributed by atoms with Crippen molar-refractivity contribution < 1.29 is 0 Å². The average Bonchev–Trinajstić information content (AvgIpc) is 2.66. The number of hydrogen-bond donors (Lipinski definition) is 1. The van der Waals surface area contributed by atoms with Gasteiger partial charge >= 0.3 is 0 Å². The number of aromatic nitrogens is 1. The van der Waals surface area contributed by atoms with Gasteiger partial charge in [-0.15, -0.1) is 11.3 Å². The lowest BCUT2D eigenvalue weighted by molar-refractivity contribution is 0.899. The Bertz CT molecular complexity index is 425. The summed E-state index contributed by atoms with van der Waals surface area (Å²) in [7, 11) is 0. The van der Waals surface area contributed by atoms with E-state index in [4.69, 9.17) is 5.73 Å². The lowest BCUT2D eigenvalue weighted by Gasteiger charge is -1.98. The van der Waals surface area contributed by atoms with E-state index in [1.807, 2.05) is 0 Å². The van der Waals surface area contributed by atoms with Crippen molar-refractivity contribution in [2.45, 2.75) is 20.3 Å². The quantitative estimate of drug-likeness (QED) is 0.780. The van der Waals surface area contributed by atoms with Crippen molar-refractivity contribution in [1.29, 1.82) is 0 Å². The van der Waals surface area contributed by atoms with Crippen LogP contribution in [0.25, 0.3) is 4.83 Å². The Kier molecular flexibility index (Phi) is 2.14. The van der Waals surface area contributed by atoms with E-state index in [9.17, 15) is 0 Å². The third-order valence-corrected chi connectivity index (χ3v) is 3.58. The summed E-state index contributed by atoms with van der Waals surface area (Å²) in [6.45, 7) is 5.09. The van der Waals surface area contributed by atoms with Crippen molar-refractivity contribution in [3.63, 3.8) is 0 Å². The van der Waals surface area contributed by atoms with Crippen molar-refractivity contribution in [1.82, 2.24) is 4.40 Å². The van der Waals surface area contributed by atoms with Gasteiger partial charge < -0.3 is 10.1 Å². The molecular weight excluding hydrogens is 180 g/mol. The van der Waals surface area contributed by atoms with E-state index < -0.39 is 0 Å². The third-order valence-electron chi connectivity index (χ3n) is 2.60. The van der Waals surface area contributed by atoms with Crippen LogP contribution >= 0.6 is 11.3 Å². The van der Waals surface area contributed by atoms with Gasteiger partial charge in [-0.25, -0.2) is 0 Å². The molecule has 2 N–H and O–H groups in total. The van der Waals surface area contributed by atoms with E-state index in [1.165, 1.54) is 21.7 Å². The van der Waals surface area contributed by atoms with Gasteiger partial charge in [0.25, 0.3) is 0 Å². The summed E-state index contributed by atoms with van der Waals surface area (Å²) in [6, 6.07) is 0. The minimum atomic E-state index is 0.724. The highest BCUT2D eigenvalue weighted by Crippen LogP contribution is 2.26. The van der Waals surface area contributed by atoms with Gasteiger partial charge in [0.15, 0.2) is 0 Å². The predicted molar refractivity (Wildman–Crippen MR) is 57.5 cm³/mol. The van der Waals surface area contributed by atoms with Crippen molar-refractivity contribution in [2.24, 2.45) is 5.73 Å². The molecule has 0 atom stereocenters. The zero-order valence-corrected chi connectivity index (χ0v) is 8.82. The molecule has 2 rings (SSSR count). The van der Waals surface area contributed by atoms with Gasteiger partial charge in [0, 0.05) is 23.7 Å². The van der Waals surface area contributed by atoms with Crippen LogP contribution in [0.1, 0.15) is 16.8 Å². The minimum absolute atomic E-state index is 0.724. The molecule has 0 amide bonds. The first-order chi connectivity index (χ1) is 6.25. The summed E-state index contributed by atoms with van der Waals surface area (Å²) in [5.74, 6) is 0. The standard InChI is InChI=1S/C10H14N2S/c1-7-8(2)10-12(5-6-13-10)9(7)3-4-11/h5-6H,3-4,11H2,1-2H3. The maximum Gasteiger partial charge on any atom is 0.103 e. The van der Waals surface area contributed by atoms with Gasteiger partial charge in [0.05, 0.1) is 0 Å². The van der Waals surface area contributed by atoms with E-state index in [2.05, 4.69) is 29.8 Å². The molecule has 0 aliphatic heterocycles. The zero-order valence-electron chi connectivity index (χ0n) is 8.00. The molecule has 0 aliphatic carbocycles. The molecule has 0 unspecified atom stereocenters. The average molecular weight is 194 g/mol. The third kappa shape index (κ3) is 1.19. The first-order valence-corrected chi connectivity index (χ1v) is 5.37. The Morgan fingerprint density at radius 1 is 1.38 bits per heavy atom. The van der Waals surface area contributed by atoms with E-state index in [-0.39, 0.29) is 0 Å². The highest BCUT2D eigenvalue weighted by atomic mass is 32.1. The van der Waals surface area contributed by atoms with Crippen LogP contribution < -0.4 is 5.73 Å². The fourth-order valence-electron chi connectivity index (χ4n) is 1.76. The van der Waals surface area contributed by atoms with Crippen LogP contribution in [0.5, 0.6) is 0 Å². The Morgan fingerprint density at radius 3 is 2.85 bits per heavy atom. The van der Waals surface area contributed by atoms with Crippen LogP contribution in [0.2, 0.25) is 0 Å². The molecule has 2 heterocycles. The SMILES string of the molecule is Cc1c(C)c2sccn2c1CCN. The number of rotatable bonds is 2. The molecule has 3 heteroatoms. The number of aryl methyl sites for hydroxylation is 1. The number of hydrogen-bond acceptors (Lipinski definition) is 2. The first-order valence-electron chi connectivity index (χ1n) is 4.49. The minimum Gasteiger partial charge on any atom is -0.330 e. The number of nitrogens with two attached hydrogens (primary N) is 1. The van der Waals surface area contributed by atoms with Crippen molar-refractivity contribution in [3.8, 4) is 0 Å².